The minimum atomic E-state index is -0.475. The van der Waals surface area contributed by atoms with Gasteiger partial charge in [-0.25, -0.2) is 0 Å². The highest BCUT2D eigenvalue weighted by atomic mass is 16.1. The van der Waals surface area contributed by atoms with Crippen molar-refractivity contribution in [2.75, 3.05) is 11.1 Å². The van der Waals surface area contributed by atoms with E-state index in [4.69, 9.17) is 11.5 Å². The lowest BCUT2D eigenvalue weighted by molar-refractivity contribution is 0.100. The topological polar surface area (TPSA) is 81.1 Å². The first kappa shape index (κ1) is 13.0. The second-order valence-corrected chi connectivity index (χ2v) is 4.85. The Labute approximate surface area is 122 Å². The summed E-state index contributed by atoms with van der Waals surface area (Å²) < 4.78 is 0. The van der Waals surface area contributed by atoms with Gasteiger partial charge in [0, 0.05) is 11.3 Å². The van der Waals surface area contributed by atoms with Gasteiger partial charge in [-0.2, -0.15) is 0 Å². The van der Waals surface area contributed by atoms with Gasteiger partial charge in [0.15, 0.2) is 0 Å². The van der Waals surface area contributed by atoms with Gasteiger partial charge < -0.3 is 16.8 Å². The molecule has 4 heteroatoms. The fourth-order valence-electron chi connectivity index (χ4n) is 2.24. The lowest BCUT2D eigenvalue weighted by atomic mass is 10.1. The van der Waals surface area contributed by atoms with Gasteiger partial charge >= 0.3 is 0 Å². The molecular weight excluding hydrogens is 262 g/mol. The summed E-state index contributed by atoms with van der Waals surface area (Å²) in [6, 6.07) is 19.1. The molecule has 0 aromatic heterocycles. The molecule has 0 aliphatic carbocycles. The molecule has 0 unspecified atom stereocenters. The zero-order valence-electron chi connectivity index (χ0n) is 11.3. The van der Waals surface area contributed by atoms with Crippen molar-refractivity contribution >= 4 is 33.7 Å². The lowest BCUT2D eigenvalue weighted by Gasteiger charge is -2.11. The van der Waals surface area contributed by atoms with E-state index in [1.807, 2.05) is 36.4 Å². The number of benzene rings is 3. The molecule has 0 heterocycles. The molecule has 0 fully saturated rings. The average Bonchev–Trinajstić information content (AvgIpc) is 2.49. The van der Waals surface area contributed by atoms with E-state index in [1.165, 1.54) is 5.39 Å². The fraction of sp³-hybridized carbons (Fsp3) is 0. The summed E-state index contributed by atoms with van der Waals surface area (Å²) in [5.74, 6) is -0.475. The van der Waals surface area contributed by atoms with Gasteiger partial charge in [0.05, 0.1) is 11.4 Å². The largest absolute Gasteiger partial charge is 0.397 e. The number of carbonyl (C=O) groups excluding carboxylic acids is 1. The third-order valence-electron chi connectivity index (χ3n) is 3.37. The molecule has 3 aromatic carbocycles. The minimum Gasteiger partial charge on any atom is -0.397 e. The standard InChI is InChI=1S/C17H15N3O/c18-15-8-6-13(17(19)21)10-16(15)20-14-7-5-11-3-1-2-4-12(11)9-14/h1-10,20H,18H2,(H2,19,21). The summed E-state index contributed by atoms with van der Waals surface area (Å²) in [6.07, 6.45) is 0. The van der Waals surface area contributed by atoms with Crippen molar-refractivity contribution < 1.29 is 4.79 Å². The maximum atomic E-state index is 11.2. The number of fused-ring (bicyclic) bond motifs is 1. The van der Waals surface area contributed by atoms with Crippen molar-refractivity contribution in [1.82, 2.24) is 0 Å². The van der Waals surface area contributed by atoms with E-state index >= 15 is 0 Å². The predicted molar refractivity (Wildman–Crippen MR) is 86.6 cm³/mol. The van der Waals surface area contributed by atoms with E-state index in [9.17, 15) is 4.79 Å². The SMILES string of the molecule is NC(=O)c1ccc(N)c(Nc2ccc3ccccc3c2)c1. The van der Waals surface area contributed by atoms with E-state index < -0.39 is 5.91 Å². The molecule has 0 saturated carbocycles. The smallest absolute Gasteiger partial charge is 0.248 e. The van der Waals surface area contributed by atoms with Gasteiger partial charge in [-0.05, 0) is 41.1 Å². The van der Waals surface area contributed by atoms with Crippen LogP contribution >= 0.6 is 0 Å². The lowest BCUT2D eigenvalue weighted by Crippen LogP contribution is -2.11. The van der Waals surface area contributed by atoms with Gasteiger partial charge in [-0.1, -0.05) is 30.3 Å². The molecule has 0 aliphatic rings. The van der Waals surface area contributed by atoms with Gasteiger partial charge in [-0.3, -0.25) is 4.79 Å². The number of nitrogens with one attached hydrogen (secondary N) is 1. The summed E-state index contributed by atoms with van der Waals surface area (Å²) in [7, 11) is 0. The van der Waals surface area contributed by atoms with Crippen LogP contribution in [-0.2, 0) is 0 Å². The molecule has 0 atom stereocenters. The first-order valence-corrected chi connectivity index (χ1v) is 6.58. The van der Waals surface area contributed by atoms with Crippen molar-refractivity contribution in [2.24, 2.45) is 5.73 Å². The fourth-order valence-corrected chi connectivity index (χ4v) is 2.24. The number of nitrogens with two attached hydrogens (primary N) is 2. The maximum absolute atomic E-state index is 11.2. The van der Waals surface area contributed by atoms with Gasteiger partial charge in [-0.15, -0.1) is 0 Å². The van der Waals surface area contributed by atoms with Crippen LogP contribution < -0.4 is 16.8 Å². The molecule has 104 valence electrons. The summed E-state index contributed by atoms with van der Waals surface area (Å²) in [5, 5.41) is 5.53. The van der Waals surface area contributed by atoms with Crippen LogP contribution in [0.15, 0.2) is 60.7 Å². The van der Waals surface area contributed by atoms with Crippen LogP contribution in [0.4, 0.5) is 17.1 Å². The number of amides is 1. The zero-order chi connectivity index (χ0) is 14.8. The zero-order valence-corrected chi connectivity index (χ0v) is 11.3. The molecule has 0 bridgehead atoms. The van der Waals surface area contributed by atoms with E-state index in [-0.39, 0.29) is 0 Å². The summed E-state index contributed by atoms with van der Waals surface area (Å²) in [5.41, 5.74) is 13.8. The molecule has 5 N–H and O–H groups in total. The number of hydrogen-bond donors (Lipinski definition) is 3. The second kappa shape index (κ2) is 5.17. The molecule has 1 amide bonds. The number of rotatable bonds is 3. The van der Waals surface area contributed by atoms with E-state index in [1.54, 1.807) is 18.2 Å². The Morgan fingerprint density at radius 3 is 2.43 bits per heavy atom. The van der Waals surface area contributed by atoms with E-state index in [0.717, 1.165) is 11.1 Å². The Morgan fingerprint density at radius 1 is 0.905 bits per heavy atom. The van der Waals surface area contributed by atoms with Crippen LogP contribution in [-0.4, -0.2) is 5.91 Å². The molecule has 0 spiro atoms. The molecule has 0 aliphatic heterocycles. The second-order valence-electron chi connectivity index (χ2n) is 4.85. The van der Waals surface area contributed by atoms with Crippen molar-refractivity contribution in [3.63, 3.8) is 0 Å². The van der Waals surface area contributed by atoms with Crippen molar-refractivity contribution in [3.8, 4) is 0 Å². The van der Waals surface area contributed by atoms with Crippen LogP contribution in [0.2, 0.25) is 0 Å². The number of nitrogen functional groups attached to an aromatic ring is 1. The van der Waals surface area contributed by atoms with Gasteiger partial charge in [0.1, 0.15) is 0 Å². The molecule has 3 rings (SSSR count). The van der Waals surface area contributed by atoms with Gasteiger partial charge in [0.25, 0.3) is 0 Å². The quantitative estimate of drug-likeness (QED) is 0.643. The molecular formula is C17H15N3O. The third kappa shape index (κ3) is 2.65. The molecule has 4 nitrogen and oxygen atoms in total. The number of hydrogen-bond acceptors (Lipinski definition) is 3. The molecule has 3 aromatic rings. The Morgan fingerprint density at radius 2 is 1.67 bits per heavy atom. The summed E-state index contributed by atoms with van der Waals surface area (Å²) in [6.45, 7) is 0. The van der Waals surface area contributed by atoms with Crippen LogP contribution in [0.5, 0.6) is 0 Å². The Bertz CT molecular complexity index is 827. The molecule has 21 heavy (non-hydrogen) atoms. The van der Waals surface area contributed by atoms with E-state index in [0.29, 0.717) is 16.9 Å². The summed E-state index contributed by atoms with van der Waals surface area (Å²) in [4.78, 5) is 11.2. The van der Waals surface area contributed by atoms with Crippen molar-refractivity contribution in [2.45, 2.75) is 0 Å². The van der Waals surface area contributed by atoms with Crippen LogP contribution in [0.1, 0.15) is 10.4 Å². The van der Waals surface area contributed by atoms with E-state index in [2.05, 4.69) is 11.4 Å². The van der Waals surface area contributed by atoms with Crippen molar-refractivity contribution in [3.05, 3.63) is 66.2 Å². The molecule has 0 saturated heterocycles. The number of anilines is 3. The Kier molecular flexibility index (Phi) is 3.20. The van der Waals surface area contributed by atoms with Crippen LogP contribution in [0, 0.1) is 0 Å². The Hall–Kier alpha value is -3.01. The first-order chi connectivity index (χ1) is 10.1. The number of primary amides is 1. The first-order valence-electron chi connectivity index (χ1n) is 6.58. The monoisotopic (exact) mass is 277 g/mol. The Balaban J connectivity index is 1.98. The molecule has 0 radical (unpaired) electrons. The highest BCUT2D eigenvalue weighted by Crippen LogP contribution is 2.26. The highest BCUT2D eigenvalue weighted by molar-refractivity contribution is 5.95. The normalized spacial score (nSPS) is 10.5. The average molecular weight is 277 g/mol. The number of carbonyl (C=O) groups is 1. The highest BCUT2D eigenvalue weighted by Gasteiger charge is 2.06. The maximum Gasteiger partial charge on any atom is 0.248 e. The predicted octanol–water partition coefficient (Wildman–Crippen LogP) is 3.26. The minimum absolute atomic E-state index is 0.424. The summed E-state index contributed by atoms with van der Waals surface area (Å²) >= 11 is 0. The van der Waals surface area contributed by atoms with Crippen LogP contribution in [0.25, 0.3) is 10.8 Å². The van der Waals surface area contributed by atoms with Crippen molar-refractivity contribution in [1.29, 1.82) is 0 Å². The van der Waals surface area contributed by atoms with Crippen LogP contribution in [0.3, 0.4) is 0 Å². The third-order valence-corrected chi connectivity index (χ3v) is 3.37. The van der Waals surface area contributed by atoms with Gasteiger partial charge in [0.2, 0.25) is 5.91 Å².